The van der Waals surface area contributed by atoms with Gasteiger partial charge in [0.15, 0.2) is 12.4 Å². The molecule has 2 atom stereocenters. The van der Waals surface area contributed by atoms with Crippen molar-refractivity contribution >= 4 is 17.9 Å². The molecule has 0 aromatic rings. The number of hydrogen-bond donors (Lipinski definition) is 0. The van der Waals surface area contributed by atoms with Crippen LogP contribution in [0.4, 0.5) is 0 Å². The van der Waals surface area contributed by atoms with Gasteiger partial charge in [-0.3, -0.25) is 9.59 Å². The number of quaternary nitrogens is 1. The summed E-state index contributed by atoms with van der Waals surface area (Å²) in [5, 5.41) is 11.7. The van der Waals surface area contributed by atoms with Crippen LogP contribution in [0.15, 0.2) is 85.1 Å². The van der Waals surface area contributed by atoms with Gasteiger partial charge >= 0.3 is 11.9 Å². The fraction of sp³-hybridized carbons (Fsp3) is 0.712. The van der Waals surface area contributed by atoms with E-state index in [-0.39, 0.29) is 32.2 Å². The summed E-state index contributed by atoms with van der Waals surface area (Å²) >= 11 is 0. The molecule has 0 amide bonds. The van der Waals surface area contributed by atoms with Gasteiger partial charge in [-0.2, -0.15) is 0 Å². The predicted molar refractivity (Wildman–Crippen MR) is 283 cm³/mol. The van der Waals surface area contributed by atoms with Gasteiger partial charge in [0.05, 0.1) is 40.3 Å². The lowest BCUT2D eigenvalue weighted by molar-refractivity contribution is -0.870. The van der Waals surface area contributed by atoms with Crippen molar-refractivity contribution in [3.63, 3.8) is 0 Å². The molecule has 0 rings (SSSR count). The number of nitrogens with zero attached hydrogens (tertiary/aromatic N) is 1. The first-order chi connectivity index (χ1) is 33.1. The minimum absolute atomic E-state index is 0.145. The fourth-order valence-corrected chi connectivity index (χ4v) is 7.22. The molecule has 0 aromatic heterocycles. The number of allylic oxidation sites excluding steroid dienone is 14. The number of esters is 2. The van der Waals surface area contributed by atoms with Crippen LogP contribution in [-0.2, 0) is 33.3 Å². The molecule has 0 heterocycles. The lowest BCUT2D eigenvalue weighted by atomic mass is 10.0. The van der Waals surface area contributed by atoms with Gasteiger partial charge in [0, 0.05) is 12.8 Å². The molecular weight excluding hydrogens is 851 g/mol. The molecule has 0 bridgehead atoms. The third kappa shape index (κ3) is 50.3. The fourth-order valence-electron chi connectivity index (χ4n) is 7.22. The van der Waals surface area contributed by atoms with Crippen molar-refractivity contribution < 1.29 is 42.9 Å². The Morgan fingerprint density at radius 2 is 0.838 bits per heavy atom. The van der Waals surface area contributed by atoms with Crippen molar-refractivity contribution in [1.82, 2.24) is 0 Å². The smallest absolute Gasteiger partial charge is 0.306 e. The number of rotatable bonds is 49. The van der Waals surface area contributed by atoms with Crippen molar-refractivity contribution in [2.75, 3.05) is 47.5 Å². The van der Waals surface area contributed by atoms with Crippen LogP contribution in [0.25, 0.3) is 0 Å². The average Bonchev–Trinajstić information content (AvgIpc) is 3.30. The van der Waals surface area contributed by atoms with Crippen LogP contribution in [0, 0.1) is 0 Å². The van der Waals surface area contributed by atoms with Crippen molar-refractivity contribution in [2.45, 2.75) is 225 Å². The molecule has 0 aliphatic carbocycles. The van der Waals surface area contributed by atoms with Crippen molar-refractivity contribution in [3.8, 4) is 0 Å². The molecule has 0 aliphatic heterocycles. The average molecular weight is 952 g/mol. The molecule has 0 spiro atoms. The van der Waals surface area contributed by atoms with Crippen LogP contribution in [0.5, 0.6) is 0 Å². The van der Waals surface area contributed by atoms with Gasteiger partial charge in [-0.25, -0.2) is 0 Å². The Morgan fingerprint density at radius 1 is 0.456 bits per heavy atom. The van der Waals surface area contributed by atoms with E-state index in [2.05, 4.69) is 98.9 Å². The number of aliphatic carboxylic acids is 1. The zero-order valence-electron chi connectivity index (χ0n) is 44.2. The number of ether oxygens (including phenoxy) is 4. The minimum Gasteiger partial charge on any atom is -0.545 e. The van der Waals surface area contributed by atoms with Gasteiger partial charge in [-0.15, -0.1) is 0 Å². The molecular formula is C59H101NO8. The second kappa shape index (κ2) is 49.9. The SMILES string of the molecule is CC/C=C\C/C=C\C/C=C\C/C=C\C/C=C\C/C=C\C/C=C\CCCCCCCCCCCCCC(=O)OC(COC(=O)CCCCCCCCCCCC)COC(OCC[N+](C)(C)C)C(=O)[O-]. The Balaban J connectivity index is 4.15. The predicted octanol–water partition coefficient (Wildman–Crippen LogP) is 14.3. The highest BCUT2D eigenvalue weighted by atomic mass is 16.7. The number of carboxylic acids is 1. The van der Waals surface area contributed by atoms with Crippen LogP contribution in [0.1, 0.15) is 213 Å². The van der Waals surface area contributed by atoms with E-state index in [9.17, 15) is 19.5 Å². The van der Waals surface area contributed by atoms with E-state index in [0.29, 0.717) is 23.9 Å². The van der Waals surface area contributed by atoms with Crippen molar-refractivity contribution in [2.24, 2.45) is 0 Å². The first-order valence-electron chi connectivity index (χ1n) is 27.2. The normalized spacial score (nSPS) is 13.5. The van der Waals surface area contributed by atoms with Crippen LogP contribution >= 0.6 is 0 Å². The van der Waals surface area contributed by atoms with E-state index in [1.165, 1.54) is 89.9 Å². The summed E-state index contributed by atoms with van der Waals surface area (Å²) in [5.74, 6) is -2.29. The van der Waals surface area contributed by atoms with Gasteiger partial charge in [0.1, 0.15) is 13.2 Å². The number of hydrogen-bond acceptors (Lipinski definition) is 8. The molecule has 0 N–H and O–H groups in total. The highest BCUT2D eigenvalue weighted by Crippen LogP contribution is 2.15. The maximum Gasteiger partial charge on any atom is 0.306 e. The van der Waals surface area contributed by atoms with E-state index in [4.69, 9.17) is 18.9 Å². The largest absolute Gasteiger partial charge is 0.545 e. The monoisotopic (exact) mass is 952 g/mol. The number of carbonyl (C=O) groups is 3. The van der Waals surface area contributed by atoms with Crippen LogP contribution in [-0.4, -0.2) is 82.3 Å². The summed E-state index contributed by atoms with van der Waals surface area (Å²) in [6, 6.07) is 0. The second-order valence-electron chi connectivity index (χ2n) is 19.1. The molecule has 0 fully saturated rings. The van der Waals surface area contributed by atoms with E-state index >= 15 is 0 Å². The Morgan fingerprint density at radius 3 is 1.25 bits per heavy atom. The zero-order valence-corrected chi connectivity index (χ0v) is 44.2. The molecule has 0 saturated heterocycles. The van der Waals surface area contributed by atoms with Crippen LogP contribution < -0.4 is 5.11 Å². The third-order valence-corrected chi connectivity index (χ3v) is 11.4. The molecule has 390 valence electrons. The maximum atomic E-state index is 12.8. The van der Waals surface area contributed by atoms with Gasteiger partial charge in [-0.05, 0) is 70.6 Å². The molecule has 9 nitrogen and oxygen atoms in total. The number of carboxylic acid groups (broad SMARTS) is 1. The minimum atomic E-state index is -1.62. The topological polar surface area (TPSA) is 111 Å². The zero-order chi connectivity index (χ0) is 49.9. The first-order valence-corrected chi connectivity index (χ1v) is 27.2. The van der Waals surface area contributed by atoms with Gasteiger partial charge in [0.2, 0.25) is 0 Å². The molecule has 68 heavy (non-hydrogen) atoms. The van der Waals surface area contributed by atoms with Gasteiger partial charge < -0.3 is 33.3 Å². The number of unbranched alkanes of at least 4 members (excludes halogenated alkanes) is 20. The van der Waals surface area contributed by atoms with E-state index < -0.39 is 24.3 Å². The third-order valence-electron chi connectivity index (χ3n) is 11.4. The molecule has 9 heteroatoms. The lowest BCUT2D eigenvalue weighted by Crippen LogP contribution is -2.44. The summed E-state index contributed by atoms with van der Waals surface area (Å²) in [7, 11) is 5.91. The summed E-state index contributed by atoms with van der Waals surface area (Å²) in [4.78, 5) is 37.1. The Labute approximate surface area is 417 Å². The second-order valence-corrected chi connectivity index (χ2v) is 19.1. The molecule has 0 radical (unpaired) electrons. The summed E-state index contributed by atoms with van der Waals surface area (Å²) < 4.78 is 22.6. The Bertz CT molecular complexity index is 1390. The first kappa shape index (κ1) is 64.5. The number of likely N-dealkylation sites (N-methyl/N-ethyl adjacent to an activating group) is 1. The summed E-state index contributed by atoms with van der Waals surface area (Å²) in [6.07, 6.45) is 62.1. The van der Waals surface area contributed by atoms with Crippen molar-refractivity contribution in [1.29, 1.82) is 0 Å². The Hall–Kier alpha value is -3.53. The lowest BCUT2D eigenvalue weighted by Gasteiger charge is -2.26. The van der Waals surface area contributed by atoms with E-state index in [1.807, 2.05) is 21.1 Å². The maximum absolute atomic E-state index is 12.8. The molecule has 0 aromatic carbocycles. The Kier molecular flexibility index (Phi) is 47.3. The van der Waals surface area contributed by atoms with Crippen LogP contribution in [0.2, 0.25) is 0 Å². The molecule has 0 aliphatic rings. The summed E-state index contributed by atoms with van der Waals surface area (Å²) in [5.41, 5.74) is 0. The van der Waals surface area contributed by atoms with Gasteiger partial charge in [0.25, 0.3) is 0 Å². The highest BCUT2D eigenvalue weighted by molar-refractivity contribution is 5.70. The quantitative estimate of drug-likeness (QED) is 0.0195. The van der Waals surface area contributed by atoms with Gasteiger partial charge in [-0.1, -0.05) is 214 Å². The van der Waals surface area contributed by atoms with Crippen molar-refractivity contribution in [3.05, 3.63) is 85.1 Å². The number of carbonyl (C=O) groups excluding carboxylic acids is 3. The molecule has 0 saturated carbocycles. The summed E-state index contributed by atoms with van der Waals surface area (Å²) in [6.45, 7) is 4.60. The molecule has 2 unspecified atom stereocenters. The standard InChI is InChI=1S/C59H101NO8/c1-6-8-10-12-14-16-18-19-20-21-22-23-24-25-26-27-28-29-30-31-32-33-34-35-36-37-38-39-40-42-44-46-48-50-57(62)68-55(54-67-59(58(63)64)65-52-51-60(3,4)5)53-66-56(61)49-47-45-43-41-17-15-13-11-9-7-2/h8,10,14,16,19-20,22-23,25-26,28-29,31-32,55,59H,6-7,9,11-13,15,17-18,21,24,27,30,33-54H2,1-5H3/b10-8-,16-14-,20-19-,23-22-,26-25-,29-28-,32-31-. The van der Waals surface area contributed by atoms with Crippen LogP contribution in [0.3, 0.4) is 0 Å². The van der Waals surface area contributed by atoms with E-state index in [1.54, 1.807) is 0 Å². The highest BCUT2D eigenvalue weighted by Gasteiger charge is 2.22. The van der Waals surface area contributed by atoms with E-state index in [0.717, 1.165) is 89.9 Å².